The standard InChI is InChI=1S/C19H21F3N6.HI/c1-23-18(24-11-10-17-26-25-16-5-3-4-12-28(16)17)27(2)13-14-6-8-15(9-7-14)19(20,21)22;/h3-9,12H,10-11,13H2,1-2H3,(H,23,24);1H. The van der Waals surface area contributed by atoms with E-state index in [4.69, 9.17) is 0 Å². The van der Waals surface area contributed by atoms with Crippen molar-refractivity contribution in [2.45, 2.75) is 19.1 Å². The third-order valence-electron chi connectivity index (χ3n) is 4.29. The Hall–Kier alpha value is -2.37. The van der Waals surface area contributed by atoms with Crippen LogP contribution in [0.15, 0.2) is 53.7 Å². The van der Waals surface area contributed by atoms with Gasteiger partial charge in [-0.05, 0) is 29.8 Å². The molecule has 3 aromatic rings. The number of halogens is 4. The fraction of sp³-hybridized carbons (Fsp3) is 0.316. The van der Waals surface area contributed by atoms with Gasteiger partial charge in [-0.15, -0.1) is 34.2 Å². The maximum Gasteiger partial charge on any atom is 0.416 e. The molecule has 2 aromatic heterocycles. The van der Waals surface area contributed by atoms with Gasteiger partial charge in [0, 0.05) is 39.8 Å². The number of rotatable bonds is 5. The van der Waals surface area contributed by atoms with Gasteiger partial charge < -0.3 is 10.2 Å². The second kappa shape index (κ2) is 9.90. The second-order valence-electron chi connectivity index (χ2n) is 6.32. The number of aliphatic imine (C=N–C) groups is 1. The monoisotopic (exact) mass is 518 g/mol. The quantitative estimate of drug-likeness (QED) is 0.319. The van der Waals surface area contributed by atoms with Gasteiger partial charge >= 0.3 is 6.18 Å². The Balaban J connectivity index is 0.00000300. The minimum Gasteiger partial charge on any atom is -0.356 e. The Morgan fingerprint density at radius 2 is 1.86 bits per heavy atom. The molecule has 0 aliphatic rings. The summed E-state index contributed by atoms with van der Waals surface area (Å²) in [4.78, 5) is 6.08. The van der Waals surface area contributed by atoms with Crippen LogP contribution in [0.4, 0.5) is 13.2 Å². The fourth-order valence-corrected chi connectivity index (χ4v) is 2.88. The molecule has 0 aliphatic carbocycles. The Bertz CT molecular complexity index is 952. The van der Waals surface area contributed by atoms with Crippen LogP contribution in [0.25, 0.3) is 5.65 Å². The lowest BCUT2D eigenvalue weighted by Gasteiger charge is -2.22. The van der Waals surface area contributed by atoms with E-state index in [0.29, 0.717) is 25.5 Å². The van der Waals surface area contributed by atoms with Gasteiger partial charge in [0.25, 0.3) is 0 Å². The minimum absolute atomic E-state index is 0. The molecule has 0 fully saturated rings. The van der Waals surface area contributed by atoms with E-state index in [9.17, 15) is 13.2 Å². The summed E-state index contributed by atoms with van der Waals surface area (Å²) in [6, 6.07) is 10.9. The first kappa shape index (κ1) is 22.9. The maximum absolute atomic E-state index is 12.7. The predicted molar refractivity (Wildman–Crippen MR) is 116 cm³/mol. The van der Waals surface area contributed by atoms with Crippen molar-refractivity contribution in [3.05, 3.63) is 65.6 Å². The first-order valence-electron chi connectivity index (χ1n) is 8.75. The van der Waals surface area contributed by atoms with Crippen molar-refractivity contribution in [1.82, 2.24) is 24.8 Å². The molecule has 0 unspecified atom stereocenters. The van der Waals surface area contributed by atoms with Crippen LogP contribution in [0, 0.1) is 0 Å². The van der Waals surface area contributed by atoms with Crippen LogP contribution >= 0.6 is 24.0 Å². The summed E-state index contributed by atoms with van der Waals surface area (Å²) in [6.07, 6.45) is -1.76. The molecule has 0 aliphatic heterocycles. The molecule has 0 bridgehead atoms. The molecular formula is C19H22F3IN6. The number of hydrogen-bond acceptors (Lipinski definition) is 3. The van der Waals surface area contributed by atoms with Gasteiger partial charge in [-0.2, -0.15) is 13.2 Å². The largest absolute Gasteiger partial charge is 0.416 e. The second-order valence-corrected chi connectivity index (χ2v) is 6.32. The number of aromatic nitrogens is 3. The number of hydrogen-bond donors (Lipinski definition) is 1. The molecule has 0 amide bonds. The molecule has 1 aromatic carbocycles. The van der Waals surface area contributed by atoms with Gasteiger partial charge in [0.05, 0.1) is 5.56 Å². The predicted octanol–water partition coefficient (Wildman–Crippen LogP) is 3.62. The fourth-order valence-electron chi connectivity index (χ4n) is 2.88. The number of pyridine rings is 1. The molecule has 2 heterocycles. The zero-order valence-electron chi connectivity index (χ0n) is 16.0. The lowest BCUT2D eigenvalue weighted by Crippen LogP contribution is -2.39. The average molecular weight is 518 g/mol. The smallest absolute Gasteiger partial charge is 0.356 e. The molecule has 0 spiro atoms. The van der Waals surface area contributed by atoms with Gasteiger partial charge in [-0.1, -0.05) is 18.2 Å². The molecule has 0 radical (unpaired) electrons. The van der Waals surface area contributed by atoms with Gasteiger partial charge in [0.2, 0.25) is 0 Å². The van der Waals surface area contributed by atoms with Crippen molar-refractivity contribution in [1.29, 1.82) is 0 Å². The Labute approximate surface area is 183 Å². The van der Waals surface area contributed by atoms with Gasteiger partial charge in [0.15, 0.2) is 11.6 Å². The molecule has 10 heteroatoms. The maximum atomic E-state index is 12.7. The molecule has 1 N–H and O–H groups in total. The zero-order chi connectivity index (χ0) is 20.1. The lowest BCUT2D eigenvalue weighted by molar-refractivity contribution is -0.137. The lowest BCUT2D eigenvalue weighted by atomic mass is 10.1. The third kappa shape index (κ3) is 5.81. The van der Waals surface area contributed by atoms with Crippen molar-refractivity contribution in [3.8, 4) is 0 Å². The van der Waals surface area contributed by atoms with Crippen molar-refractivity contribution < 1.29 is 13.2 Å². The Morgan fingerprint density at radius 1 is 1.14 bits per heavy atom. The number of nitrogens with zero attached hydrogens (tertiary/aromatic N) is 5. The van der Waals surface area contributed by atoms with Crippen LogP contribution in [0.3, 0.4) is 0 Å². The summed E-state index contributed by atoms with van der Waals surface area (Å²) in [7, 11) is 3.50. The van der Waals surface area contributed by atoms with E-state index in [1.54, 1.807) is 7.05 Å². The third-order valence-corrected chi connectivity index (χ3v) is 4.29. The number of benzene rings is 1. The van der Waals surface area contributed by atoms with E-state index in [1.807, 2.05) is 40.7 Å². The summed E-state index contributed by atoms with van der Waals surface area (Å²) >= 11 is 0. The van der Waals surface area contributed by atoms with Gasteiger partial charge in [0.1, 0.15) is 5.82 Å². The Morgan fingerprint density at radius 3 is 2.52 bits per heavy atom. The summed E-state index contributed by atoms with van der Waals surface area (Å²) in [5, 5.41) is 11.5. The molecule has 0 atom stereocenters. The highest BCUT2D eigenvalue weighted by atomic mass is 127. The van der Waals surface area contributed by atoms with E-state index >= 15 is 0 Å². The molecule has 0 saturated carbocycles. The van der Waals surface area contributed by atoms with E-state index in [2.05, 4.69) is 20.5 Å². The molecule has 29 heavy (non-hydrogen) atoms. The molecule has 0 saturated heterocycles. The van der Waals surface area contributed by atoms with E-state index in [0.717, 1.165) is 29.2 Å². The zero-order valence-corrected chi connectivity index (χ0v) is 18.3. The van der Waals surface area contributed by atoms with Gasteiger partial charge in [-0.3, -0.25) is 9.39 Å². The summed E-state index contributed by atoms with van der Waals surface area (Å²) < 4.78 is 39.9. The van der Waals surface area contributed by atoms with E-state index in [-0.39, 0.29) is 24.0 Å². The van der Waals surface area contributed by atoms with Crippen LogP contribution in [0.2, 0.25) is 0 Å². The summed E-state index contributed by atoms with van der Waals surface area (Å²) in [6.45, 7) is 1.03. The summed E-state index contributed by atoms with van der Waals surface area (Å²) in [5.41, 5.74) is 0.908. The Kier molecular flexibility index (Phi) is 7.82. The number of fused-ring (bicyclic) bond motifs is 1. The molecule has 156 valence electrons. The molecule has 3 rings (SSSR count). The van der Waals surface area contributed by atoms with Crippen molar-refractivity contribution >= 4 is 35.6 Å². The molecular weight excluding hydrogens is 496 g/mol. The van der Waals surface area contributed by atoms with E-state index < -0.39 is 11.7 Å². The van der Waals surface area contributed by atoms with Crippen LogP contribution < -0.4 is 5.32 Å². The number of guanidine groups is 1. The van der Waals surface area contributed by atoms with E-state index in [1.165, 1.54) is 12.1 Å². The number of alkyl halides is 3. The van der Waals surface area contributed by atoms with Crippen LogP contribution in [0.1, 0.15) is 17.0 Å². The van der Waals surface area contributed by atoms with Crippen LogP contribution in [0.5, 0.6) is 0 Å². The van der Waals surface area contributed by atoms with Gasteiger partial charge in [-0.25, -0.2) is 0 Å². The molecule has 6 nitrogen and oxygen atoms in total. The highest BCUT2D eigenvalue weighted by Gasteiger charge is 2.29. The normalized spacial score (nSPS) is 12.0. The van der Waals surface area contributed by atoms with Crippen molar-refractivity contribution in [2.24, 2.45) is 4.99 Å². The first-order chi connectivity index (χ1) is 13.4. The van der Waals surface area contributed by atoms with Crippen molar-refractivity contribution in [3.63, 3.8) is 0 Å². The topological polar surface area (TPSA) is 57.8 Å². The highest BCUT2D eigenvalue weighted by Crippen LogP contribution is 2.29. The summed E-state index contributed by atoms with van der Waals surface area (Å²) in [5.74, 6) is 1.48. The SMILES string of the molecule is CN=C(NCCc1nnc2ccccn12)N(C)Cc1ccc(C(F)(F)F)cc1.I. The van der Waals surface area contributed by atoms with Crippen molar-refractivity contribution in [2.75, 3.05) is 20.6 Å². The highest BCUT2D eigenvalue weighted by molar-refractivity contribution is 14.0. The number of nitrogens with one attached hydrogen (secondary N) is 1. The average Bonchev–Trinajstić information content (AvgIpc) is 3.08. The first-order valence-corrected chi connectivity index (χ1v) is 8.75. The minimum atomic E-state index is -4.33. The van der Waals surface area contributed by atoms with Crippen LogP contribution in [-0.2, 0) is 19.1 Å². The van der Waals surface area contributed by atoms with Crippen LogP contribution in [-0.4, -0.2) is 46.1 Å².